The summed E-state index contributed by atoms with van der Waals surface area (Å²) in [5.74, 6) is 0. The number of alkyl halides is 2. The molecule has 32 valence electrons. The van der Waals surface area contributed by atoms with Crippen molar-refractivity contribution in [3.63, 3.8) is 0 Å². The van der Waals surface area contributed by atoms with E-state index in [0.717, 1.165) is 0 Å². The van der Waals surface area contributed by atoms with E-state index < -0.39 is 0 Å². The fraction of sp³-hybridized carbons (Fsp3) is 1.00. The van der Waals surface area contributed by atoms with Gasteiger partial charge >= 0.3 is 0 Å². The first-order valence-corrected chi connectivity index (χ1v) is 4.09. The minimum absolute atomic E-state index is 0. The average molecular weight is 312 g/mol. The summed E-state index contributed by atoms with van der Waals surface area (Å²) in [5, 5.41) is 0. The Bertz CT molecular complexity index is 9.61. The Morgan fingerprint density at radius 2 is 1.20 bits per heavy atom. The lowest BCUT2D eigenvalue weighted by Crippen LogP contribution is -1.60. The maximum atomic E-state index is 2.34. The molecule has 0 aromatic heterocycles. The van der Waals surface area contributed by atoms with Crippen molar-refractivity contribution in [1.29, 1.82) is 0 Å². The van der Waals surface area contributed by atoms with E-state index in [2.05, 4.69) is 45.2 Å². The zero-order valence-electron chi connectivity index (χ0n) is 2.17. The Morgan fingerprint density at radius 3 is 1.20 bits per heavy atom. The zero-order chi connectivity index (χ0) is 3.41. The Balaban J connectivity index is 0. The number of halogens is 2. The fourth-order valence-electron chi connectivity index (χ4n) is 0. The van der Waals surface area contributed by atoms with Crippen molar-refractivity contribution in [1.82, 2.24) is 0 Å². The first-order valence-electron chi connectivity index (χ1n) is 1.03. The van der Waals surface area contributed by atoms with E-state index >= 15 is 0 Å². The first kappa shape index (κ1) is 10.1. The topological polar surface area (TPSA) is 0 Å². The normalized spacial score (nSPS) is 6.00. The third-order valence-corrected chi connectivity index (χ3v) is 3.21. The molecule has 0 nitrogen and oxygen atoms in total. The van der Waals surface area contributed by atoms with Crippen LogP contribution in [0.25, 0.3) is 0 Å². The van der Waals surface area contributed by atoms with Gasteiger partial charge in [-0.25, -0.2) is 0 Å². The quantitative estimate of drug-likeness (QED) is 0.379. The molecule has 0 aromatic carbocycles. The average Bonchev–Trinajstić information content (AvgIpc) is 1.37. The third kappa shape index (κ3) is 10.7. The van der Waals surface area contributed by atoms with Crippen LogP contribution < -0.4 is 0 Å². The maximum Gasteiger partial charge on any atom is 0.187 e. The van der Waals surface area contributed by atoms with Crippen LogP contribution in [0.4, 0.5) is 0 Å². The van der Waals surface area contributed by atoms with Crippen LogP contribution in [0.1, 0.15) is 0 Å². The van der Waals surface area contributed by atoms with Gasteiger partial charge in [-0.15, -0.1) is 0 Å². The van der Waals surface area contributed by atoms with Gasteiger partial charge in [0.25, 0.3) is 0 Å². The van der Waals surface area contributed by atoms with Crippen molar-refractivity contribution in [2.75, 3.05) is 8.86 Å². The van der Waals surface area contributed by atoms with Crippen molar-refractivity contribution in [2.45, 2.75) is 0 Å². The summed E-state index contributed by atoms with van der Waals surface area (Å²) in [6.45, 7) is 0. The summed E-state index contributed by atoms with van der Waals surface area (Å²) < 4.78 is 2.55. The van der Waals surface area contributed by atoms with Gasteiger partial charge in [0.15, 0.2) is 17.4 Å². The largest absolute Gasteiger partial charge is 0.187 e. The second kappa shape index (κ2) is 9.37. The van der Waals surface area contributed by atoms with Crippen LogP contribution in [-0.4, -0.2) is 26.2 Å². The van der Waals surface area contributed by atoms with Crippen molar-refractivity contribution < 1.29 is 0 Å². The van der Waals surface area contributed by atoms with E-state index in [1.807, 2.05) is 0 Å². The van der Waals surface area contributed by atoms with Gasteiger partial charge in [-0.3, -0.25) is 0 Å². The van der Waals surface area contributed by atoms with Crippen LogP contribution >= 0.6 is 45.2 Å². The molecule has 0 saturated heterocycles. The van der Waals surface area contributed by atoms with Crippen LogP contribution in [-0.2, 0) is 0 Å². The van der Waals surface area contributed by atoms with Gasteiger partial charge in [0.05, 0.1) is 0 Å². The van der Waals surface area contributed by atoms with Gasteiger partial charge in [-0.2, -0.15) is 0 Å². The number of hydrogen-bond acceptors (Lipinski definition) is 0. The molecule has 0 radical (unpaired) electrons. The molecule has 0 atom stereocenters. The molecule has 0 fully saturated rings. The Kier molecular flexibility index (Phi) is 18.9. The highest BCUT2D eigenvalue weighted by molar-refractivity contribution is 14.1. The van der Waals surface area contributed by atoms with Crippen LogP contribution in [0.5, 0.6) is 0 Å². The lowest BCUT2D eigenvalue weighted by molar-refractivity contribution is 1.67. The van der Waals surface area contributed by atoms with Gasteiger partial charge in [-0.05, 0) is 0 Å². The van der Waals surface area contributed by atoms with E-state index in [9.17, 15) is 0 Å². The van der Waals surface area contributed by atoms with E-state index in [0.29, 0.717) is 0 Å². The highest BCUT2D eigenvalue weighted by atomic mass is 127. The summed E-state index contributed by atoms with van der Waals surface area (Å²) in [6.07, 6.45) is 0. The summed E-state index contributed by atoms with van der Waals surface area (Å²) in [4.78, 5) is 0. The van der Waals surface area contributed by atoms with Crippen LogP contribution in [0.15, 0.2) is 0 Å². The molecule has 0 unspecified atom stereocenters. The lowest BCUT2D eigenvalue weighted by Gasteiger charge is -1.64. The zero-order valence-corrected chi connectivity index (χ0v) is 6.49. The Hall–Kier alpha value is 1.99. The third-order valence-electron chi connectivity index (χ3n) is 0.0714. The molecule has 3 heteroatoms. The summed E-state index contributed by atoms with van der Waals surface area (Å²) in [6, 6.07) is 0. The molecule has 5 heavy (non-hydrogen) atoms. The molecule has 0 bridgehead atoms. The molecule has 0 heterocycles. The Labute approximate surface area is 70.5 Å². The van der Waals surface area contributed by atoms with Crippen LogP contribution in [0, 0.1) is 0 Å². The van der Waals surface area contributed by atoms with Crippen molar-refractivity contribution in [3.05, 3.63) is 0 Å². The van der Waals surface area contributed by atoms with E-state index in [1.165, 1.54) is 8.86 Å². The molecule has 0 aliphatic heterocycles. The number of rotatable bonds is 1. The van der Waals surface area contributed by atoms with Crippen molar-refractivity contribution >= 4 is 62.5 Å². The predicted octanol–water partition coefficient (Wildman–Crippen LogP) is 0.672. The first-order chi connectivity index (χ1) is 1.91. The lowest BCUT2D eigenvalue weighted by atomic mass is 11.0. The summed E-state index contributed by atoms with van der Waals surface area (Å²) in [5.41, 5.74) is 0. The maximum absolute atomic E-state index is 2.34. The predicted molar refractivity (Wildman–Crippen MR) is 47.7 cm³/mol. The molecular formula is C2H7AlI2. The monoisotopic (exact) mass is 312 g/mol. The molecule has 0 rings (SSSR count). The molecule has 0 aliphatic rings. The van der Waals surface area contributed by atoms with Gasteiger partial charge in [-0.1, -0.05) is 45.2 Å². The standard InChI is InChI=1S/C2H4I2.Al.3H/c3-1-2-4;;;;/h1-2H2;;;;. The molecular weight excluding hydrogens is 305 g/mol. The molecule has 0 N–H and O–H groups in total. The van der Waals surface area contributed by atoms with Gasteiger partial charge in [0.2, 0.25) is 0 Å². The van der Waals surface area contributed by atoms with E-state index in [4.69, 9.17) is 0 Å². The smallest absolute Gasteiger partial charge is 0.0855 e. The number of hydrogen-bond donors (Lipinski definition) is 0. The van der Waals surface area contributed by atoms with E-state index in [-0.39, 0.29) is 17.4 Å². The Morgan fingerprint density at radius 1 is 1.00 bits per heavy atom. The SMILES string of the molecule is ICCI.[AlH3]. The molecule has 0 spiro atoms. The molecule has 0 saturated carbocycles. The second-order valence-corrected chi connectivity index (χ2v) is 2.54. The van der Waals surface area contributed by atoms with Gasteiger partial charge in [0.1, 0.15) is 0 Å². The summed E-state index contributed by atoms with van der Waals surface area (Å²) >= 11 is 4.69. The fourth-order valence-corrected chi connectivity index (χ4v) is 0. The molecule has 0 amide bonds. The minimum Gasteiger partial charge on any atom is -0.0855 e. The van der Waals surface area contributed by atoms with Crippen LogP contribution in [0.3, 0.4) is 0 Å². The molecule has 0 aliphatic carbocycles. The second-order valence-electron chi connectivity index (χ2n) is 0.378. The van der Waals surface area contributed by atoms with Crippen LogP contribution in [0.2, 0.25) is 0 Å². The minimum atomic E-state index is 0. The highest BCUT2D eigenvalue weighted by Gasteiger charge is 1.60. The van der Waals surface area contributed by atoms with Gasteiger partial charge < -0.3 is 0 Å². The van der Waals surface area contributed by atoms with E-state index in [1.54, 1.807) is 0 Å². The highest BCUT2D eigenvalue weighted by Crippen LogP contribution is 1.84. The van der Waals surface area contributed by atoms with Gasteiger partial charge in [0, 0.05) is 8.86 Å². The summed E-state index contributed by atoms with van der Waals surface area (Å²) in [7, 11) is 0. The molecule has 0 aromatic rings. The van der Waals surface area contributed by atoms with Crippen molar-refractivity contribution in [3.8, 4) is 0 Å². The van der Waals surface area contributed by atoms with Crippen molar-refractivity contribution in [2.24, 2.45) is 0 Å².